The Morgan fingerprint density at radius 2 is 1.84 bits per heavy atom. The van der Waals surface area contributed by atoms with Gasteiger partial charge in [0.25, 0.3) is 0 Å². The number of fused-ring (bicyclic) bond motifs is 1. The zero-order valence-electron chi connectivity index (χ0n) is 17.0. The normalized spacial score (nSPS) is 11.4. The number of methoxy groups -OCH3 is 1. The van der Waals surface area contributed by atoms with Crippen LogP contribution in [0, 0.1) is 0 Å². The third-order valence-electron chi connectivity index (χ3n) is 4.64. The maximum atomic E-state index is 12.3. The first-order chi connectivity index (χ1) is 15.4. The molecule has 2 aromatic carbocycles. The number of ether oxygens (including phenoxy) is 1. The highest BCUT2D eigenvalue weighted by molar-refractivity contribution is 7.89. The van der Waals surface area contributed by atoms with E-state index in [4.69, 9.17) is 7.85 Å². The quantitative estimate of drug-likeness (QED) is 0.325. The van der Waals surface area contributed by atoms with Crippen molar-refractivity contribution >= 4 is 46.5 Å². The summed E-state index contributed by atoms with van der Waals surface area (Å²) in [5.74, 6) is -0.0775. The monoisotopic (exact) mass is 447 g/mol. The highest BCUT2D eigenvalue weighted by atomic mass is 32.2. The Hall–Kier alpha value is -3.70. The molecule has 0 atom stereocenters. The lowest BCUT2D eigenvalue weighted by molar-refractivity contribution is -0.139. The number of carbonyl (C=O) groups excluding carboxylic acids is 1. The summed E-state index contributed by atoms with van der Waals surface area (Å²) in [4.78, 5) is 15.8. The minimum Gasteiger partial charge on any atom is -0.468 e. The van der Waals surface area contributed by atoms with Crippen LogP contribution in [0.4, 0.5) is 11.5 Å². The Morgan fingerprint density at radius 3 is 2.53 bits per heavy atom. The number of aromatic nitrogens is 3. The van der Waals surface area contributed by atoms with Gasteiger partial charge in [-0.2, -0.15) is 14.3 Å². The second kappa shape index (κ2) is 8.81. The standard InChI is InChI=1S/C21H18BN5O4S/c1-31-20(28)13-24-32(29,30)16-9-7-15(8-10-16)25-19-11-18(14-5-3-2-4-6-14)26-21-17(22)12-23-27(19)21/h2-12,24-25H,13H2,1H3. The number of carbonyl (C=O) groups is 1. The fourth-order valence-corrected chi connectivity index (χ4v) is 3.97. The number of anilines is 2. The van der Waals surface area contributed by atoms with E-state index >= 15 is 0 Å². The van der Waals surface area contributed by atoms with Crippen molar-refractivity contribution in [1.82, 2.24) is 19.3 Å². The number of hydrogen-bond acceptors (Lipinski definition) is 7. The summed E-state index contributed by atoms with van der Waals surface area (Å²) in [6.07, 6.45) is 1.52. The molecular weight excluding hydrogens is 429 g/mol. The molecule has 0 spiro atoms. The third-order valence-corrected chi connectivity index (χ3v) is 6.06. The van der Waals surface area contributed by atoms with Crippen LogP contribution in [0.2, 0.25) is 0 Å². The largest absolute Gasteiger partial charge is 0.468 e. The molecule has 0 aliphatic rings. The van der Waals surface area contributed by atoms with Crippen molar-refractivity contribution < 1.29 is 17.9 Å². The van der Waals surface area contributed by atoms with Gasteiger partial charge in [-0.25, -0.2) is 13.4 Å². The van der Waals surface area contributed by atoms with Crippen LogP contribution in [0.1, 0.15) is 0 Å². The predicted octanol–water partition coefficient (Wildman–Crippen LogP) is 1.39. The van der Waals surface area contributed by atoms with Crippen LogP contribution < -0.4 is 15.5 Å². The van der Waals surface area contributed by atoms with E-state index in [2.05, 4.69) is 24.9 Å². The first-order valence-corrected chi connectivity index (χ1v) is 11.0. The molecule has 0 aliphatic carbocycles. The summed E-state index contributed by atoms with van der Waals surface area (Å²) >= 11 is 0. The lowest BCUT2D eigenvalue weighted by Crippen LogP contribution is -2.30. The predicted molar refractivity (Wildman–Crippen MR) is 121 cm³/mol. The molecule has 0 amide bonds. The maximum Gasteiger partial charge on any atom is 0.320 e. The van der Waals surface area contributed by atoms with Gasteiger partial charge in [-0.3, -0.25) is 4.79 Å². The van der Waals surface area contributed by atoms with Crippen LogP contribution in [0.5, 0.6) is 0 Å². The van der Waals surface area contributed by atoms with Crippen LogP contribution >= 0.6 is 0 Å². The highest BCUT2D eigenvalue weighted by Crippen LogP contribution is 2.24. The Morgan fingerprint density at radius 1 is 1.12 bits per heavy atom. The van der Waals surface area contributed by atoms with Crippen molar-refractivity contribution in [3.63, 3.8) is 0 Å². The van der Waals surface area contributed by atoms with Gasteiger partial charge >= 0.3 is 5.97 Å². The molecule has 4 rings (SSSR count). The zero-order valence-corrected chi connectivity index (χ0v) is 17.8. The minimum atomic E-state index is -3.85. The molecule has 160 valence electrons. The minimum absolute atomic E-state index is 0.0140. The second-order valence-corrected chi connectivity index (χ2v) is 8.54. The topological polar surface area (TPSA) is 115 Å². The molecular formula is C21H18BN5O4S. The molecule has 0 saturated heterocycles. The molecule has 2 N–H and O–H groups in total. The van der Waals surface area contributed by atoms with E-state index in [1.54, 1.807) is 16.6 Å². The molecule has 2 aromatic heterocycles. The molecule has 0 unspecified atom stereocenters. The molecule has 11 heteroatoms. The van der Waals surface area contributed by atoms with Gasteiger partial charge in [-0.05, 0) is 29.7 Å². The van der Waals surface area contributed by atoms with Crippen LogP contribution in [-0.4, -0.2) is 50.5 Å². The number of esters is 1. The van der Waals surface area contributed by atoms with Gasteiger partial charge in [0.1, 0.15) is 20.2 Å². The molecule has 2 radical (unpaired) electrons. The van der Waals surface area contributed by atoms with E-state index in [0.29, 0.717) is 28.3 Å². The number of sulfonamides is 1. The molecule has 0 aliphatic heterocycles. The van der Waals surface area contributed by atoms with Gasteiger partial charge in [-0.1, -0.05) is 30.3 Å². The van der Waals surface area contributed by atoms with E-state index in [-0.39, 0.29) is 4.90 Å². The molecule has 4 aromatic rings. The van der Waals surface area contributed by atoms with Crippen LogP contribution in [-0.2, 0) is 19.6 Å². The van der Waals surface area contributed by atoms with E-state index in [1.165, 1.54) is 25.4 Å². The molecule has 2 heterocycles. The molecule has 0 bridgehead atoms. The van der Waals surface area contributed by atoms with E-state index < -0.39 is 22.5 Å². The number of rotatable bonds is 7. The molecule has 0 saturated carbocycles. The molecule has 32 heavy (non-hydrogen) atoms. The lowest BCUT2D eigenvalue weighted by atomic mass is 10.0. The average molecular weight is 447 g/mol. The first-order valence-electron chi connectivity index (χ1n) is 9.50. The number of nitrogens with one attached hydrogen (secondary N) is 2. The van der Waals surface area contributed by atoms with E-state index in [0.717, 1.165) is 5.56 Å². The fourth-order valence-electron chi connectivity index (χ4n) is 3.00. The highest BCUT2D eigenvalue weighted by Gasteiger charge is 2.16. The Balaban J connectivity index is 1.63. The number of hydrogen-bond donors (Lipinski definition) is 2. The Bertz CT molecular complexity index is 1370. The average Bonchev–Trinajstić information content (AvgIpc) is 3.19. The van der Waals surface area contributed by atoms with E-state index in [1.807, 2.05) is 36.4 Å². The first kappa shape index (κ1) is 21.5. The maximum absolute atomic E-state index is 12.3. The third kappa shape index (κ3) is 4.48. The van der Waals surface area contributed by atoms with Gasteiger partial charge in [-0.15, -0.1) is 0 Å². The van der Waals surface area contributed by atoms with Gasteiger partial charge in [0.05, 0.1) is 17.7 Å². The second-order valence-electron chi connectivity index (χ2n) is 6.78. The van der Waals surface area contributed by atoms with Crippen molar-refractivity contribution in [2.45, 2.75) is 4.90 Å². The van der Waals surface area contributed by atoms with Crippen molar-refractivity contribution in [1.29, 1.82) is 0 Å². The van der Waals surface area contributed by atoms with Gasteiger partial charge < -0.3 is 10.1 Å². The van der Waals surface area contributed by atoms with Crippen LogP contribution in [0.3, 0.4) is 0 Å². The number of benzene rings is 2. The van der Waals surface area contributed by atoms with Crippen molar-refractivity contribution in [3.8, 4) is 11.3 Å². The van der Waals surface area contributed by atoms with Crippen molar-refractivity contribution in [2.75, 3.05) is 19.0 Å². The Labute approximate surface area is 185 Å². The summed E-state index contributed by atoms with van der Waals surface area (Å²) in [5.41, 5.74) is 3.18. The summed E-state index contributed by atoms with van der Waals surface area (Å²) in [7, 11) is 3.37. The van der Waals surface area contributed by atoms with E-state index in [9.17, 15) is 13.2 Å². The summed E-state index contributed by atoms with van der Waals surface area (Å²) in [5, 5.41) is 7.50. The van der Waals surface area contributed by atoms with Crippen LogP contribution in [0.25, 0.3) is 16.9 Å². The lowest BCUT2D eigenvalue weighted by Gasteiger charge is -2.12. The van der Waals surface area contributed by atoms with Gasteiger partial charge in [0, 0.05) is 23.5 Å². The van der Waals surface area contributed by atoms with Crippen LogP contribution in [0.15, 0.2) is 71.8 Å². The smallest absolute Gasteiger partial charge is 0.320 e. The summed E-state index contributed by atoms with van der Waals surface area (Å²) < 4.78 is 32.9. The fraction of sp³-hybridized carbons (Fsp3) is 0.0952. The van der Waals surface area contributed by atoms with Crippen molar-refractivity contribution in [2.24, 2.45) is 0 Å². The molecule has 0 fully saturated rings. The number of nitrogens with zero attached hydrogens (tertiary/aromatic N) is 3. The SMILES string of the molecule is [B]c1cnn2c(Nc3ccc(S(=O)(=O)NCC(=O)OC)cc3)cc(-c3ccccc3)nc12. The zero-order chi connectivity index (χ0) is 22.7. The summed E-state index contributed by atoms with van der Waals surface area (Å²) in [6.45, 7) is -0.448. The van der Waals surface area contributed by atoms with Crippen molar-refractivity contribution in [3.05, 3.63) is 66.9 Å². The van der Waals surface area contributed by atoms with Gasteiger partial charge in [0.15, 0.2) is 5.65 Å². The summed E-state index contributed by atoms with van der Waals surface area (Å²) in [6, 6.07) is 17.5. The Kier molecular flexibility index (Phi) is 5.93. The van der Waals surface area contributed by atoms with Gasteiger partial charge in [0.2, 0.25) is 10.0 Å². The molecule has 9 nitrogen and oxygen atoms in total.